The zero-order valence-electron chi connectivity index (χ0n) is 17.5. The van der Waals surface area contributed by atoms with Crippen LogP contribution in [-0.4, -0.2) is 61.1 Å². The predicted octanol–water partition coefficient (Wildman–Crippen LogP) is -0.350. The van der Waals surface area contributed by atoms with Gasteiger partial charge in [0.1, 0.15) is 19.0 Å². The predicted molar refractivity (Wildman–Crippen MR) is 115 cm³/mol. The molecule has 3 aliphatic heterocycles. The molecule has 1 N–H and O–H groups in total. The Morgan fingerprint density at radius 3 is 2.65 bits per heavy atom. The number of fused-ring (bicyclic) bond motifs is 1. The Morgan fingerprint density at radius 2 is 1.87 bits per heavy atom. The molecule has 3 aliphatic rings. The molecule has 0 bridgehead atoms. The molecular weight excluding hydrogens is 484 g/mol. The molecule has 7 nitrogen and oxygen atoms in total. The molecular formula is C22H25BrN2O5S. The van der Waals surface area contributed by atoms with Gasteiger partial charge in [-0.1, -0.05) is 0 Å². The summed E-state index contributed by atoms with van der Waals surface area (Å²) in [5.74, 6) is 3.88. The first kappa shape index (κ1) is 22.1. The molecule has 3 heterocycles. The van der Waals surface area contributed by atoms with Gasteiger partial charge >= 0.3 is 5.17 Å². The van der Waals surface area contributed by atoms with Gasteiger partial charge in [-0.3, -0.25) is 0 Å². The molecule has 31 heavy (non-hydrogen) atoms. The number of rotatable bonds is 4. The van der Waals surface area contributed by atoms with Crippen LogP contribution >= 0.6 is 11.8 Å². The molecule has 2 aromatic carbocycles. The van der Waals surface area contributed by atoms with E-state index in [1.807, 2.05) is 36.4 Å². The molecule has 0 fully saturated rings. The summed E-state index contributed by atoms with van der Waals surface area (Å²) in [7, 11) is 3.31. The fourth-order valence-corrected chi connectivity index (χ4v) is 5.41. The number of halogens is 1. The Hall–Kier alpha value is -2.10. The summed E-state index contributed by atoms with van der Waals surface area (Å²) in [5.41, 5.74) is 0.475. The van der Waals surface area contributed by atoms with Crippen LogP contribution in [0.25, 0.3) is 0 Å². The van der Waals surface area contributed by atoms with E-state index in [1.54, 1.807) is 26.0 Å². The van der Waals surface area contributed by atoms with E-state index in [4.69, 9.17) is 18.9 Å². The molecule has 0 radical (unpaired) electrons. The molecule has 0 saturated heterocycles. The Bertz CT molecular complexity index is 1020. The standard InChI is InChI=1S/C22H25N2O5S.BrH/c1-26-16-5-7-18(27-2)17(13-16)23-14-22(25,24-8-3-11-30-21(23)24)15-4-6-19-20(12-15)29-10-9-28-19;/h4-7,12-13,25H,3,8-11,14H2,1-2H3;1H/q+1;/p-1. The van der Waals surface area contributed by atoms with Gasteiger partial charge in [-0.15, -0.1) is 0 Å². The average Bonchev–Trinajstić information content (AvgIpc) is 3.12. The van der Waals surface area contributed by atoms with E-state index < -0.39 is 5.72 Å². The lowest BCUT2D eigenvalue weighted by Crippen LogP contribution is -3.00. The molecule has 1 unspecified atom stereocenters. The smallest absolute Gasteiger partial charge is 0.316 e. The first-order valence-electron chi connectivity index (χ1n) is 10.0. The molecule has 0 aromatic heterocycles. The fourth-order valence-electron chi connectivity index (χ4n) is 4.24. The van der Waals surface area contributed by atoms with Crippen LogP contribution in [0.15, 0.2) is 36.4 Å². The van der Waals surface area contributed by atoms with E-state index in [1.165, 1.54) is 0 Å². The van der Waals surface area contributed by atoms with E-state index >= 15 is 0 Å². The maximum absolute atomic E-state index is 12.0. The monoisotopic (exact) mass is 508 g/mol. The van der Waals surface area contributed by atoms with Gasteiger partial charge in [0, 0.05) is 17.4 Å². The van der Waals surface area contributed by atoms with Crippen molar-refractivity contribution < 1.29 is 45.6 Å². The van der Waals surface area contributed by atoms with Crippen molar-refractivity contribution in [1.29, 1.82) is 0 Å². The zero-order chi connectivity index (χ0) is 20.7. The van der Waals surface area contributed by atoms with Crippen LogP contribution in [0, 0.1) is 0 Å². The summed E-state index contributed by atoms with van der Waals surface area (Å²) < 4.78 is 24.6. The molecule has 9 heteroatoms. The number of hydrogen-bond acceptors (Lipinski definition) is 7. The van der Waals surface area contributed by atoms with Crippen molar-refractivity contribution in [3.63, 3.8) is 0 Å². The number of thioether (sulfide) groups is 1. The first-order valence-corrected chi connectivity index (χ1v) is 11.0. The van der Waals surface area contributed by atoms with Gasteiger partial charge in [0.25, 0.3) is 5.72 Å². The molecule has 2 aromatic rings. The Morgan fingerprint density at radius 1 is 1.06 bits per heavy atom. The number of ether oxygens (including phenoxy) is 4. The van der Waals surface area contributed by atoms with E-state index in [9.17, 15) is 5.11 Å². The lowest BCUT2D eigenvalue weighted by atomic mass is 10.0. The molecule has 0 saturated carbocycles. The third-order valence-electron chi connectivity index (χ3n) is 5.73. The van der Waals surface area contributed by atoms with E-state index in [-0.39, 0.29) is 17.0 Å². The number of hydrogen-bond donors (Lipinski definition) is 1. The van der Waals surface area contributed by atoms with Crippen LogP contribution in [0.3, 0.4) is 0 Å². The normalized spacial score (nSPS) is 22.0. The second-order valence-electron chi connectivity index (χ2n) is 7.44. The highest BCUT2D eigenvalue weighted by molar-refractivity contribution is 8.13. The van der Waals surface area contributed by atoms with Crippen LogP contribution in [0.2, 0.25) is 0 Å². The Kier molecular flexibility index (Phi) is 6.27. The highest BCUT2D eigenvalue weighted by atomic mass is 79.9. The molecule has 0 aliphatic carbocycles. The summed E-state index contributed by atoms with van der Waals surface area (Å²) in [6.07, 6.45) is 1.00. The molecule has 166 valence electrons. The highest BCUT2D eigenvalue weighted by Gasteiger charge is 2.54. The van der Waals surface area contributed by atoms with Crippen LogP contribution < -0.4 is 40.8 Å². The Balaban J connectivity index is 0.00000231. The van der Waals surface area contributed by atoms with Gasteiger partial charge in [0.2, 0.25) is 0 Å². The minimum Gasteiger partial charge on any atom is -1.00 e. The molecule has 0 amide bonds. The average molecular weight is 509 g/mol. The van der Waals surface area contributed by atoms with E-state index in [2.05, 4.69) is 9.48 Å². The zero-order valence-corrected chi connectivity index (χ0v) is 19.9. The largest absolute Gasteiger partial charge is 1.00 e. The fraction of sp³-hybridized carbons (Fsp3) is 0.409. The maximum Gasteiger partial charge on any atom is 0.316 e. The van der Waals surface area contributed by atoms with Crippen LogP contribution in [0.5, 0.6) is 23.0 Å². The number of aliphatic hydroxyl groups is 1. The lowest BCUT2D eigenvalue weighted by molar-refractivity contribution is -0.656. The summed E-state index contributed by atoms with van der Waals surface area (Å²) in [5, 5.41) is 13.0. The number of methoxy groups -OCH3 is 2. The van der Waals surface area contributed by atoms with Crippen molar-refractivity contribution in [2.75, 3.05) is 51.2 Å². The molecule has 0 spiro atoms. The topological polar surface area (TPSA) is 63.4 Å². The SMILES string of the molecule is COc1ccc(OC)c(N2CC(O)(c3ccc4c(c3)OCCO4)[N+]3=C2SCCC3)c1.[Br-]. The van der Waals surface area contributed by atoms with Crippen LogP contribution in [-0.2, 0) is 5.72 Å². The summed E-state index contributed by atoms with van der Waals surface area (Å²) in [6.45, 7) is 2.20. The van der Waals surface area contributed by atoms with Gasteiger partial charge in [0.15, 0.2) is 29.5 Å². The number of nitrogens with zero attached hydrogens (tertiary/aromatic N) is 2. The second kappa shape index (κ2) is 8.80. The van der Waals surface area contributed by atoms with Crippen LogP contribution in [0.1, 0.15) is 12.0 Å². The van der Waals surface area contributed by atoms with Gasteiger partial charge < -0.3 is 41.0 Å². The third-order valence-corrected chi connectivity index (χ3v) is 6.92. The maximum atomic E-state index is 12.0. The summed E-state index contributed by atoms with van der Waals surface area (Å²) in [4.78, 5) is 2.13. The summed E-state index contributed by atoms with van der Waals surface area (Å²) >= 11 is 1.75. The first-order chi connectivity index (χ1) is 14.6. The van der Waals surface area contributed by atoms with Gasteiger partial charge in [-0.25, -0.2) is 9.48 Å². The Labute approximate surface area is 196 Å². The van der Waals surface area contributed by atoms with Crippen molar-refractivity contribution in [3.05, 3.63) is 42.0 Å². The number of benzene rings is 2. The highest BCUT2D eigenvalue weighted by Crippen LogP contribution is 2.43. The van der Waals surface area contributed by atoms with Gasteiger partial charge in [-0.2, -0.15) is 0 Å². The lowest BCUT2D eigenvalue weighted by Gasteiger charge is -2.26. The quantitative estimate of drug-likeness (QED) is 0.566. The minimum atomic E-state index is -1.19. The minimum absolute atomic E-state index is 0. The third kappa shape index (κ3) is 3.72. The van der Waals surface area contributed by atoms with E-state index in [0.717, 1.165) is 52.4 Å². The number of amidine groups is 1. The van der Waals surface area contributed by atoms with Gasteiger partial charge in [-0.05, 0) is 48.5 Å². The van der Waals surface area contributed by atoms with Crippen molar-refractivity contribution in [2.24, 2.45) is 0 Å². The van der Waals surface area contributed by atoms with Crippen molar-refractivity contribution in [2.45, 2.75) is 12.1 Å². The molecule has 1 atom stereocenters. The van der Waals surface area contributed by atoms with E-state index in [0.29, 0.717) is 25.5 Å². The van der Waals surface area contributed by atoms with Gasteiger partial charge in [0.05, 0.1) is 20.8 Å². The van der Waals surface area contributed by atoms with Crippen LogP contribution in [0.4, 0.5) is 5.69 Å². The number of β-amino-alcohol motifs (C(OH)–C–C–N with tert-alkyl or cyclic N) is 1. The molecule has 5 rings (SSSR count). The van der Waals surface area contributed by atoms with Crippen molar-refractivity contribution in [1.82, 2.24) is 0 Å². The van der Waals surface area contributed by atoms with Crippen molar-refractivity contribution in [3.8, 4) is 23.0 Å². The number of anilines is 1. The van der Waals surface area contributed by atoms with Crippen molar-refractivity contribution >= 4 is 22.6 Å². The summed E-state index contributed by atoms with van der Waals surface area (Å²) in [6, 6.07) is 11.4. The second-order valence-corrected chi connectivity index (χ2v) is 8.50.